The van der Waals surface area contributed by atoms with Crippen molar-refractivity contribution in [1.29, 1.82) is 0 Å². The Labute approximate surface area is 131 Å². The molecule has 2 aromatic rings. The van der Waals surface area contributed by atoms with Crippen LogP contribution in [-0.4, -0.2) is 15.0 Å². The minimum absolute atomic E-state index is 0.0632. The first-order valence-corrected chi connectivity index (χ1v) is 6.84. The minimum Gasteiger partial charge on any atom is -0.351 e. The molecule has 20 heavy (non-hydrogen) atoms. The summed E-state index contributed by atoms with van der Waals surface area (Å²) in [5.41, 5.74) is -0.403. The Morgan fingerprint density at radius 2 is 2.10 bits per heavy atom. The molecule has 0 amide bonds. The molecule has 2 rings (SSSR count). The Morgan fingerprint density at radius 3 is 2.70 bits per heavy atom. The van der Waals surface area contributed by atoms with Gasteiger partial charge in [0.05, 0.1) is 11.4 Å². The van der Waals surface area contributed by atoms with Crippen molar-refractivity contribution < 1.29 is 9.18 Å². The average molecular weight is 408 g/mol. The molecule has 8 heteroatoms. The lowest BCUT2D eigenvalue weighted by atomic mass is 10.2. The lowest BCUT2D eigenvalue weighted by molar-refractivity contribution is 0.107. The van der Waals surface area contributed by atoms with E-state index in [1.165, 1.54) is 19.2 Å². The summed E-state index contributed by atoms with van der Waals surface area (Å²) in [7, 11) is 1.39. The lowest BCUT2D eigenvalue weighted by Crippen LogP contribution is -2.22. The number of halogens is 3. The molecule has 0 aliphatic heterocycles. The van der Waals surface area contributed by atoms with Crippen LogP contribution in [-0.2, 0) is 7.05 Å². The minimum atomic E-state index is -0.839. The van der Waals surface area contributed by atoms with Crippen LogP contribution in [0.25, 0.3) is 0 Å². The summed E-state index contributed by atoms with van der Waals surface area (Å²) in [6.45, 7) is 0. The number of nitrogens with one attached hydrogen (secondary N) is 1. The van der Waals surface area contributed by atoms with Crippen molar-refractivity contribution in [3.8, 4) is 0 Å². The van der Waals surface area contributed by atoms with E-state index in [9.17, 15) is 14.0 Å². The predicted octanol–water partition coefficient (Wildman–Crippen LogP) is 2.65. The Bertz CT molecular complexity index is 748. The maximum Gasteiger partial charge on any atom is 0.274 e. The number of nitrogens with zero attached hydrogens (tertiary/aromatic N) is 2. The van der Waals surface area contributed by atoms with Crippen LogP contribution < -0.4 is 10.9 Å². The monoisotopic (exact) mass is 407 g/mol. The fraction of sp³-hybridized carbons (Fsp3) is 0.0833. The molecule has 0 radical (unpaired) electrons. The van der Waals surface area contributed by atoms with Crippen LogP contribution in [0.5, 0.6) is 0 Å². The zero-order valence-corrected chi connectivity index (χ0v) is 13.1. The highest BCUT2D eigenvalue weighted by Gasteiger charge is 2.15. The second kappa shape index (κ2) is 5.88. The third-order valence-electron chi connectivity index (χ3n) is 2.48. The summed E-state index contributed by atoms with van der Waals surface area (Å²) in [6.07, 6.45) is 0. The van der Waals surface area contributed by atoms with E-state index in [2.05, 4.69) is 10.4 Å². The van der Waals surface area contributed by atoms with E-state index in [1.807, 2.05) is 22.6 Å². The van der Waals surface area contributed by atoms with Gasteiger partial charge in [0, 0.05) is 16.7 Å². The Morgan fingerprint density at radius 1 is 1.40 bits per heavy atom. The molecule has 104 valence electrons. The number of benzene rings is 1. The standard InChI is InChI=1S/C12H8ClFIN3O2/c1-18-10(19)5-9(11(17-18)12(13)20)16-8-3-2-6(15)4-7(8)14/h2-5,16H,1H3. The number of carbonyl (C=O) groups is 1. The van der Waals surface area contributed by atoms with Crippen LogP contribution in [0.4, 0.5) is 15.8 Å². The first-order valence-electron chi connectivity index (χ1n) is 5.39. The topological polar surface area (TPSA) is 64.0 Å². The van der Waals surface area contributed by atoms with Gasteiger partial charge in [-0.05, 0) is 52.4 Å². The van der Waals surface area contributed by atoms with E-state index in [0.717, 1.165) is 14.3 Å². The van der Waals surface area contributed by atoms with E-state index in [1.54, 1.807) is 6.07 Å². The first-order chi connectivity index (χ1) is 9.38. The highest BCUT2D eigenvalue weighted by atomic mass is 127. The second-order valence-corrected chi connectivity index (χ2v) is 5.48. The molecule has 0 fully saturated rings. The summed E-state index contributed by atoms with van der Waals surface area (Å²) in [5.74, 6) is -0.509. The van der Waals surface area contributed by atoms with Crippen LogP contribution in [0.2, 0.25) is 0 Å². The van der Waals surface area contributed by atoms with Gasteiger partial charge >= 0.3 is 0 Å². The first kappa shape index (κ1) is 14.9. The molecule has 1 N–H and O–H groups in total. The number of hydrogen-bond donors (Lipinski definition) is 1. The Kier molecular flexibility index (Phi) is 4.39. The molecule has 0 atom stereocenters. The van der Waals surface area contributed by atoms with Crippen LogP contribution in [0.3, 0.4) is 0 Å². The molecule has 1 heterocycles. The van der Waals surface area contributed by atoms with Crippen molar-refractivity contribution in [1.82, 2.24) is 9.78 Å². The zero-order chi connectivity index (χ0) is 14.9. The van der Waals surface area contributed by atoms with E-state index in [-0.39, 0.29) is 17.1 Å². The van der Waals surface area contributed by atoms with Crippen molar-refractivity contribution >= 4 is 50.8 Å². The predicted molar refractivity (Wildman–Crippen MR) is 82.1 cm³/mol. The van der Waals surface area contributed by atoms with Gasteiger partial charge in [-0.1, -0.05) is 0 Å². The van der Waals surface area contributed by atoms with Gasteiger partial charge < -0.3 is 5.32 Å². The molecule has 1 aromatic heterocycles. The molecule has 0 saturated heterocycles. The van der Waals surface area contributed by atoms with Crippen molar-refractivity contribution in [2.75, 3.05) is 5.32 Å². The molecular formula is C12H8ClFIN3O2. The molecular weight excluding hydrogens is 400 g/mol. The van der Waals surface area contributed by atoms with Crippen LogP contribution in [0.15, 0.2) is 29.1 Å². The third kappa shape index (κ3) is 3.15. The fourth-order valence-corrected chi connectivity index (χ4v) is 2.11. The van der Waals surface area contributed by atoms with Gasteiger partial charge in [-0.2, -0.15) is 5.10 Å². The van der Waals surface area contributed by atoms with Gasteiger partial charge in [-0.15, -0.1) is 0 Å². The summed E-state index contributed by atoms with van der Waals surface area (Å²) in [5, 5.41) is 5.57. The van der Waals surface area contributed by atoms with Crippen LogP contribution >= 0.6 is 34.2 Å². The maximum atomic E-state index is 13.8. The number of rotatable bonds is 3. The fourth-order valence-electron chi connectivity index (χ4n) is 1.51. The summed E-state index contributed by atoms with van der Waals surface area (Å²) in [4.78, 5) is 22.9. The van der Waals surface area contributed by atoms with Gasteiger partial charge in [0.15, 0.2) is 5.69 Å². The van der Waals surface area contributed by atoms with E-state index in [4.69, 9.17) is 11.6 Å². The van der Waals surface area contributed by atoms with Gasteiger partial charge in [0.2, 0.25) is 0 Å². The smallest absolute Gasteiger partial charge is 0.274 e. The highest BCUT2D eigenvalue weighted by molar-refractivity contribution is 14.1. The zero-order valence-electron chi connectivity index (χ0n) is 10.2. The van der Waals surface area contributed by atoms with Crippen molar-refractivity contribution in [3.05, 3.63) is 49.7 Å². The van der Waals surface area contributed by atoms with E-state index >= 15 is 0 Å². The number of aryl methyl sites for hydroxylation is 1. The summed E-state index contributed by atoms with van der Waals surface area (Å²) >= 11 is 7.38. The molecule has 0 aliphatic carbocycles. The Hall–Kier alpha value is -1.48. The van der Waals surface area contributed by atoms with Gasteiger partial charge in [0.25, 0.3) is 10.8 Å². The van der Waals surface area contributed by atoms with Gasteiger partial charge in [-0.3, -0.25) is 9.59 Å². The van der Waals surface area contributed by atoms with Crippen molar-refractivity contribution in [2.45, 2.75) is 0 Å². The normalized spacial score (nSPS) is 10.4. The third-order valence-corrected chi connectivity index (χ3v) is 3.33. The molecule has 5 nitrogen and oxygen atoms in total. The van der Waals surface area contributed by atoms with Crippen molar-refractivity contribution in [3.63, 3.8) is 0 Å². The van der Waals surface area contributed by atoms with E-state index in [0.29, 0.717) is 0 Å². The van der Waals surface area contributed by atoms with Crippen LogP contribution in [0, 0.1) is 9.39 Å². The summed E-state index contributed by atoms with van der Waals surface area (Å²) in [6, 6.07) is 5.64. The average Bonchev–Trinajstić information content (AvgIpc) is 2.36. The van der Waals surface area contributed by atoms with Gasteiger partial charge in [0.1, 0.15) is 5.82 Å². The SMILES string of the molecule is Cn1nc(C(=O)Cl)c(Nc2ccc(I)cc2F)cc1=O. The lowest BCUT2D eigenvalue weighted by Gasteiger charge is -2.10. The van der Waals surface area contributed by atoms with Crippen LogP contribution in [0.1, 0.15) is 10.5 Å². The maximum absolute atomic E-state index is 13.8. The number of hydrogen-bond acceptors (Lipinski definition) is 4. The summed E-state index contributed by atoms with van der Waals surface area (Å²) < 4.78 is 15.5. The molecule has 0 unspecified atom stereocenters. The Balaban J connectivity index is 2.50. The quantitative estimate of drug-likeness (QED) is 0.628. The largest absolute Gasteiger partial charge is 0.351 e. The van der Waals surface area contributed by atoms with Crippen molar-refractivity contribution in [2.24, 2.45) is 7.05 Å². The van der Waals surface area contributed by atoms with E-state index < -0.39 is 16.6 Å². The number of anilines is 2. The molecule has 0 bridgehead atoms. The highest BCUT2D eigenvalue weighted by Crippen LogP contribution is 2.23. The second-order valence-electron chi connectivity index (χ2n) is 3.89. The number of carbonyl (C=O) groups excluding carboxylic acids is 1. The molecule has 0 aliphatic rings. The molecule has 1 aromatic carbocycles. The molecule has 0 spiro atoms. The number of aromatic nitrogens is 2. The van der Waals surface area contributed by atoms with Gasteiger partial charge in [-0.25, -0.2) is 9.07 Å². The molecule has 0 saturated carbocycles.